The number of amides is 1. The number of hydrogen-bond donors (Lipinski definition) is 1. The summed E-state index contributed by atoms with van der Waals surface area (Å²) < 4.78 is 10.4. The van der Waals surface area contributed by atoms with Crippen molar-refractivity contribution in [1.29, 1.82) is 0 Å². The normalized spacial score (nSPS) is 25.5. The molecule has 1 fully saturated rings. The van der Waals surface area contributed by atoms with Gasteiger partial charge in [0.1, 0.15) is 17.9 Å². The van der Waals surface area contributed by atoms with E-state index in [0.717, 1.165) is 4.90 Å². The van der Waals surface area contributed by atoms with E-state index >= 15 is 0 Å². The van der Waals surface area contributed by atoms with E-state index < -0.39 is 29.9 Å². The second-order valence-electron chi connectivity index (χ2n) is 5.00. The Morgan fingerprint density at radius 1 is 1.41 bits per heavy atom. The summed E-state index contributed by atoms with van der Waals surface area (Å²) in [7, 11) is 0. The maximum atomic E-state index is 11.9. The monoisotopic (exact) mass is 245 g/mol. The van der Waals surface area contributed by atoms with Crippen LogP contribution in [0.5, 0.6) is 0 Å². The van der Waals surface area contributed by atoms with E-state index in [9.17, 15) is 9.59 Å². The van der Waals surface area contributed by atoms with Crippen molar-refractivity contribution in [3.63, 3.8) is 0 Å². The first-order chi connectivity index (χ1) is 7.72. The minimum absolute atomic E-state index is 0.277. The summed E-state index contributed by atoms with van der Waals surface area (Å²) in [6.45, 7) is 7.17. The van der Waals surface area contributed by atoms with Gasteiger partial charge in [0.15, 0.2) is 0 Å². The van der Waals surface area contributed by atoms with Crippen LogP contribution < -0.4 is 0 Å². The van der Waals surface area contributed by atoms with Gasteiger partial charge in [-0.2, -0.15) is 0 Å². The number of carboxylic acid groups (broad SMARTS) is 1. The van der Waals surface area contributed by atoms with Crippen LogP contribution in [0.2, 0.25) is 0 Å². The molecule has 2 atom stereocenters. The quantitative estimate of drug-likeness (QED) is 0.756. The van der Waals surface area contributed by atoms with E-state index in [0.29, 0.717) is 6.61 Å². The Morgan fingerprint density at radius 3 is 2.47 bits per heavy atom. The lowest BCUT2D eigenvalue weighted by Crippen LogP contribution is -2.55. The van der Waals surface area contributed by atoms with Crippen molar-refractivity contribution in [3.05, 3.63) is 0 Å². The molecule has 6 heteroatoms. The average Bonchev–Trinajstić information content (AvgIpc) is 2.13. The van der Waals surface area contributed by atoms with Crippen LogP contribution in [0.1, 0.15) is 34.1 Å². The number of rotatable bonds is 1. The lowest BCUT2D eigenvalue weighted by atomic mass is 10.1. The van der Waals surface area contributed by atoms with Gasteiger partial charge >= 0.3 is 12.1 Å². The minimum atomic E-state index is -1.04. The fourth-order valence-corrected chi connectivity index (χ4v) is 1.66. The first-order valence-corrected chi connectivity index (χ1v) is 5.58. The summed E-state index contributed by atoms with van der Waals surface area (Å²) in [5, 5.41) is 9.07. The molecule has 1 heterocycles. The van der Waals surface area contributed by atoms with Crippen LogP contribution in [0.25, 0.3) is 0 Å². The van der Waals surface area contributed by atoms with Crippen molar-refractivity contribution in [3.8, 4) is 0 Å². The molecule has 1 rings (SSSR count). The lowest BCUT2D eigenvalue weighted by Gasteiger charge is -2.38. The van der Waals surface area contributed by atoms with Gasteiger partial charge in [0.25, 0.3) is 0 Å². The highest BCUT2D eigenvalue weighted by molar-refractivity contribution is 5.80. The smallest absolute Gasteiger partial charge is 0.413 e. The van der Waals surface area contributed by atoms with E-state index in [1.54, 1.807) is 27.7 Å². The number of carbonyl (C=O) groups excluding carboxylic acids is 1. The minimum Gasteiger partial charge on any atom is -0.480 e. The van der Waals surface area contributed by atoms with E-state index in [2.05, 4.69) is 0 Å². The van der Waals surface area contributed by atoms with Crippen molar-refractivity contribution < 1.29 is 24.2 Å². The molecule has 0 saturated carbocycles. The van der Waals surface area contributed by atoms with Crippen molar-refractivity contribution in [2.24, 2.45) is 0 Å². The zero-order valence-electron chi connectivity index (χ0n) is 10.6. The zero-order valence-corrected chi connectivity index (χ0v) is 10.6. The molecular weight excluding hydrogens is 226 g/mol. The molecule has 0 spiro atoms. The Morgan fingerprint density at radius 2 is 2.00 bits per heavy atom. The average molecular weight is 245 g/mol. The molecule has 0 aromatic rings. The number of carbonyl (C=O) groups is 2. The van der Waals surface area contributed by atoms with Gasteiger partial charge in [0.05, 0.1) is 6.61 Å². The van der Waals surface area contributed by atoms with Crippen molar-refractivity contribution in [2.75, 3.05) is 6.61 Å². The molecule has 1 aliphatic rings. The predicted molar refractivity (Wildman–Crippen MR) is 59.5 cm³/mol. The van der Waals surface area contributed by atoms with E-state index in [-0.39, 0.29) is 6.42 Å². The Hall–Kier alpha value is -1.30. The van der Waals surface area contributed by atoms with Crippen LogP contribution in [0.4, 0.5) is 4.79 Å². The van der Waals surface area contributed by atoms with Gasteiger partial charge in [-0.3, -0.25) is 4.90 Å². The summed E-state index contributed by atoms with van der Waals surface area (Å²) in [6.07, 6.45) is -0.962. The summed E-state index contributed by atoms with van der Waals surface area (Å²) in [5.41, 5.74) is -0.655. The van der Waals surface area contributed by atoms with Crippen molar-refractivity contribution >= 4 is 12.1 Å². The first kappa shape index (κ1) is 13.8. The number of hydrogen-bond acceptors (Lipinski definition) is 4. The van der Waals surface area contributed by atoms with Crippen LogP contribution in [0, 0.1) is 0 Å². The third-order valence-electron chi connectivity index (χ3n) is 2.37. The molecule has 1 aliphatic heterocycles. The van der Waals surface area contributed by atoms with Crippen LogP contribution >= 0.6 is 0 Å². The molecule has 6 nitrogen and oxygen atoms in total. The van der Waals surface area contributed by atoms with Gasteiger partial charge in [-0.25, -0.2) is 9.59 Å². The number of ether oxygens (including phenoxy) is 2. The molecule has 17 heavy (non-hydrogen) atoms. The highest BCUT2D eigenvalue weighted by Crippen LogP contribution is 2.21. The Bertz CT molecular complexity index is 309. The van der Waals surface area contributed by atoms with Gasteiger partial charge < -0.3 is 14.6 Å². The SMILES string of the molecule is CC1OCCC(C(=O)O)N1C(=O)OC(C)(C)C. The number of nitrogens with zero attached hydrogens (tertiary/aromatic N) is 1. The molecule has 2 unspecified atom stereocenters. The fourth-order valence-electron chi connectivity index (χ4n) is 1.66. The second kappa shape index (κ2) is 4.91. The van der Waals surface area contributed by atoms with Crippen LogP contribution in [-0.2, 0) is 14.3 Å². The highest BCUT2D eigenvalue weighted by atomic mass is 16.6. The topological polar surface area (TPSA) is 76.1 Å². The first-order valence-electron chi connectivity index (χ1n) is 5.58. The number of carboxylic acids is 1. The van der Waals surface area contributed by atoms with Crippen molar-refractivity contribution in [1.82, 2.24) is 4.90 Å². The summed E-state index contributed by atoms with van der Waals surface area (Å²) in [6, 6.07) is -0.881. The van der Waals surface area contributed by atoms with Gasteiger partial charge in [-0.15, -0.1) is 0 Å². The molecule has 1 amide bonds. The lowest BCUT2D eigenvalue weighted by molar-refractivity contribution is -0.160. The van der Waals surface area contributed by atoms with Crippen molar-refractivity contribution in [2.45, 2.75) is 52.0 Å². The highest BCUT2D eigenvalue weighted by Gasteiger charge is 2.39. The van der Waals surface area contributed by atoms with E-state index in [1.165, 1.54) is 0 Å². The largest absolute Gasteiger partial charge is 0.480 e. The van der Waals surface area contributed by atoms with E-state index in [4.69, 9.17) is 14.6 Å². The summed E-state index contributed by atoms with van der Waals surface area (Å²) in [4.78, 5) is 24.1. The molecule has 0 aromatic carbocycles. The summed E-state index contributed by atoms with van der Waals surface area (Å²) in [5.74, 6) is -1.04. The van der Waals surface area contributed by atoms with Gasteiger partial charge in [0.2, 0.25) is 0 Å². The van der Waals surface area contributed by atoms with Gasteiger partial charge in [-0.1, -0.05) is 0 Å². The molecule has 0 aliphatic carbocycles. The third-order valence-corrected chi connectivity index (χ3v) is 2.37. The third kappa shape index (κ3) is 3.59. The Balaban J connectivity index is 2.82. The Labute approximate surface area is 100 Å². The van der Waals surface area contributed by atoms with Crippen LogP contribution in [0.15, 0.2) is 0 Å². The molecule has 1 saturated heterocycles. The second-order valence-corrected chi connectivity index (χ2v) is 5.00. The maximum absolute atomic E-state index is 11.9. The van der Waals surface area contributed by atoms with Gasteiger partial charge in [-0.05, 0) is 27.7 Å². The zero-order chi connectivity index (χ0) is 13.2. The maximum Gasteiger partial charge on any atom is 0.413 e. The summed E-state index contributed by atoms with van der Waals surface area (Å²) >= 11 is 0. The molecule has 98 valence electrons. The van der Waals surface area contributed by atoms with Gasteiger partial charge in [0, 0.05) is 6.42 Å². The number of aliphatic carboxylic acids is 1. The fraction of sp³-hybridized carbons (Fsp3) is 0.818. The molecule has 0 bridgehead atoms. The molecule has 1 N–H and O–H groups in total. The Kier molecular flexibility index (Phi) is 3.98. The molecule has 0 aromatic heterocycles. The van der Waals surface area contributed by atoms with E-state index in [1.807, 2.05) is 0 Å². The molecule has 0 radical (unpaired) electrons. The predicted octanol–water partition coefficient (Wildman–Crippen LogP) is 1.44. The standard InChI is InChI=1S/C11H19NO5/c1-7-12(10(15)17-11(2,3)4)8(9(13)14)5-6-16-7/h7-8H,5-6H2,1-4H3,(H,13,14). The molecular formula is C11H19NO5. The van der Waals surface area contributed by atoms with Crippen LogP contribution in [-0.4, -0.2) is 46.5 Å². The van der Waals surface area contributed by atoms with Crippen LogP contribution in [0.3, 0.4) is 0 Å².